The van der Waals surface area contributed by atoms with Gasteiger partial charge in [-0.25, -0.2) is 0 Å². The van der Waals surface area contributed by atoms with Gasteiger partial charge in [-0.05, 0) is 30.3 Å². The molecule has 3 fully saturated rings. The Hall–Kier alpha value is 1.40. The molecule has 19 heavy (non-hydrogen) atoms. The average molecular weight is 337 g/mol. The summed E-state index contributed by atoms with van der Waals surface area (Å²) in [7, 11) is 0. The number of thioether (sulfide) groups is 4. The van der Waals surface area contributed by atoms with Crippen LogP contribution in [0.1, 0.15) is 39.0 Å². The zero-order chi connectivity index (χ0) is 13.3. The molecule has 0 radical (unpaired) electrons. The highest BCUT2D eigenvalue weighted by Gasteiger charge is 2.22. The molecule has 2 atom stereocenters. The van der Waals surface area contributed by atoms with Gasteiger partial charge in [0.1, 0.15) is 0 Å². The van der Waals surface area contributed by atoms with Crippen LogP contribution >= 0.6 is 47.0 Å². The molecule has 2 saturated heterocycles. The first-order valence-electron chi connectivity index (χ1n) is 7.77. The molecule has 0 bridgehead atoms. The molecular weight excluding hydrogens is 308 g/mol. The first-order chi connectivity index (χ1) is 9.38. The summed E-state index contributed by atoms with van der Waals surface area (Å²) in [6.07, 6.45) is 7.54. The molecule has 0 spiro atoms. The van der Waals surface area contributed by atoms with Crippen LogP contribution in [0.5, 0.6) is 0 Å². The Labute approximate surface area is 136 Å². The van der Waals surface area contributed by atoms with E-state index in [1.807, 2.05) is 0 Å². The minimum Gasteiger partial charge on any atom is -0.161 e. The van der Waals surface area contributed by atoms with Gasteiger partial charge in [0.2, 0.25) is 0 Å². The number of hydrogen-bond donors (Lipinski definition) is 0. The minimum atomic E-state index is 1.03. The molecule has 3 aliphatic rings. The molecule has 0 aromatic rings. The van der Waals surface area contributed by atoms with E-state index >= 15 is 0 Å². The molecule has 3 rings (SSSR count). The van der Waals surface area contributed by atoms with Gasteiger partial charge in [0.05, 0.1) is 0 Å². The van der Waals surface area contributed by atoms with Gasteiger partial charge < -0.3 is 0 Å². The highest BCUT2D eigenvalue weighted by molar-refractivity contribution is 8.09. The summed E-state index contributed by atoms with van der Waals surface area (Å²) in [5.41, 5.74) is 0. The van der Waals surface area contributed by atoms with Crippen LogP contribution in [0, 0.1) is 5.92 Å². The van der Waals surface area contributed by atoms with Crippen LogP contribution in [-0.4, -0.2) is 45.0 Å². The normalized spacial score (nSPS) is 29.5. The summed E-state index contributed by atoms with van der Waals surface area (Å²) in [5.74, 6) is 9.51. The zero-order valence-corrected chi connectivity index (χ0v) is 15.4. The van der Waals surface area contributed by atoms with Gasteiger partial charge >= 0.3 is 0 Å². The fourth-order valence-electron chi connectivity index (χ4n) is 2.30. The lowest BCUT2D eigenvalue weighted by Gasteiger charge is -2.20. The van der Waals surface area contributed by atoms with Gasteiger partial charge in [-0.3, -0.25) is 0 Å². The van der Waals surface area contributed by atoms with E-state index in [0.717, 1.165) is 16.4 Å². The van der Waals surface area contributed by atoms with Crippen LogP contribution in [0.15, 0.2) is 0 Å². The predicted octanol–water partition coefficient (Wildman–Crippen LogP) is 5.27. The van der Waals surface area contributed by atoms with Crippen LogP contribution in [0.4, 0.5) is 0 Å². The molecule has 1 saturated carbocycles. The Bertz CT molecular complexity index is 220. The summed E-state index contributed by atoms with van der Waals surface area (Å²) < 4.78 is 0. The Morgan fingerprint density at radius 1 is 0.842 bits per heavy atom. The van der Waals surface area contributed by atoms with Crippen molar-refractivity contribution in [1.82, 2.24) is 0 Å². The van der Waals surface area contributed by atoms with Crippen molar-refractivity contribution in [3.05, 3.63) is 0 Å². The van der Waals surface area contributed by atoms with Crippen LogP contribution in [0.3, 0.4) is 0 Å². The van der Waals surface area contributed by atoms with Crippen molar-refractivity contribution in [3.63, 3.8) is 0 Å². The maximum Gasteiger partial charge on any atom is 0.0229 e. The van der Waals surface area contributed by atoms with Crippen molar-refractivity contribution in [2.45, 2.75) is 49.5 Å². The van der Waals surface area contributed by atoms with Crippen molar-refractivity contribution >= 4 is 47.0 Å². The smallest absolute Gasteiger partial charge is 0.0229 e. The van der Waals surface area contributed by atoms with Crippen molar-refractivity contribution in [2.75, 3.05) is 34.5 Å². The lowest BCUT2D eigenvalue weighted by atomic mass is 9.91. The van der Waals surface area contributed by atoms with E-state index in [9.17, 15) is 0 Å². The van der Waals surface area contributed by atoms with Gasteiger partial charge in [-0.1, -0.05) is 26.2 Å². The van der Waals surface area contributed by atoms with Gasteiger partial charge in [-0.15, -0.1) is 0 Å². The topological polar surface area (TPSA) is 0 Å². The number of rotatable bonds is 7. The van der Waals surface area contributed by atoms with Crippen molar-refractivity contribution in [1.29, 1.82) is 0 Å². The van der Waals surface area contributed by atoms with Crippen LogP contribution in [0.2, 0.25) is 0 Å². The summed E-state index contributed by atoms with van der Waals surface area (Å²) in [6, 6.07) is 0. The molecule has 2 unspecified atom stereocenters. The van der Waals surface area contributed by atoms with Crippen LogP contribution < -0.4 is 0 Å². The standard InChI is InChI=1S/C10H18S2.C5H10S2/c1-2-4-9(5-3-1)6-11-7-10-8-12-10;1-2-6-3-5-4-7-5/h9-10H,1-8H2;5H,2-4H2,1H3. The first kappa shape index (κ1) is 16.8. The molecule has 0 amide bonds. The Morgan fingerprint density at radius 3 is 1.95 bits per heavy atom. The fraction of sp³-hybridized carbons (Fsp3) is 1.00. The lowest BCUT2D eigenvalue weighted by molar-refractivity contribution is 0.391. The van der Waals surface area contributed by atoms with E-state index in [0.29, 0.717) is 0 Å². The Balaban J connectivity index is 0.000000163. The molecule has 0 aromatic carbocycles. The summed E-state index contributed by atoms with van der Waals surface area (Å²) in [6.45, 7) is 2.22. The van der Waals surface area contributed by atoms with E-state index in [1.54, 1.807) is 0 Å². The quantitative estimate of drug-likeness (QED) is 0.580. The van der Waals surface area contributed by atoms with Gasteiger partial charge in [0, 0.05) is 33.5 Å². The maximum atomic E-state index is 2.22. The Kier molecular flexibility index (Phi) is 8.98. The number of hydrogen-bond acceptors (Lipinski definition) is 4. The van der Waals surface area contributed by atoms with Gasteiger partial charge in [-0.2, -0.15) is 47.0 Å². The summed E-state index contributed by atoms with van der Waals surface area (Å²) in [5, 5.41) is 2.07. The largest absolute Gasteiger partial charge is 0.161 e. The molecule has 2 aliphatic heterocycles. The summed E-state index contributed by atoms with van der Waals surface area (Å²) >= 11 is 8.49. The highest BCUT2D eigenvalue weighted by Crippen LogP contribution is 2.35. The fourth-order valence-corrected chi connectivity index (χ4v) is 6.25. The van der Waals surface area contributed by atoms with E-state index in [4.69, 9.17) is 0 Å². The molecular formula is C15H28S4. The van der Waals surface area contributed by atoms with Crippen molar-refractivity contribution in [3.8, 4) is 0 Å². The van der Waals surface area contributed by atoms with Gasteiger partial charge in [0.15, 0.2) is 0 Å². The average Bonchev–Trinajstić information content (AvgIpc) is 3.33. The predicted molar refractivity (Wildman–Crippen MR) is 99.4 cm³/mol. The van der Waals surface area contributed by atoms with Gasteiger partial charge in [0.25, 0.3) is 0 Å². The zero-order valence-electron chi connectivity index (χ0n) is 12.1. The third kappa shape index (κ3) is 9.10. The second-order valence-corrected chi connectivity index (χ2v) is 10.7. The monoisotopic (exact) mass is 336 g/mol. The maximum absolute atomic E-state index is 2.22. The van der Waals surface area contributed by atoms with E-state index in [1.165, 1.54) is 66.6 Å². The highest BCUT2D eigenvalue weighted by atomic mass is 32.2. The SMILES string of the molecule is C1CCC(CSCC2CS2)CC1.CCSCC1CS1. The van der Waals surface area contributed by atoms with E-state index in [-0.39, 0.29) is 0 Å². The molecule has 0 N–H and O–H groups in total. The second-order valence-electron chi connectivity index (χ2n) is 5.61. The van der Waals surface area contributed by atoms with Crippen LogP contribution in [-0.2, 0) is 0 Å². The first-order valence-corrected chi connectivity index (χ1v) is 12.2. The van der Waals surface area contributed by atoms with Crippen LogP contribution in [0.25, 0.3) is 0 Å². The van der Waals surface area contributed by atoms with E-state index in [2.05, 4.69) is 54.0 Å². The molecule has 0 aromatic heterocycles. The summed E-state index contributed by atoms with van der Waals surface area (Å²) in [4.78, 5) is 0. The minimum absolute atomic E-state index is 1.03. The molecule has 112 valence electrons. The van der Waals surface area contributed by atoms with Crippen molar-refractivity contribution in [2.24, 2.45) is 5.92 Å². The molecule has 2 heterocycles. The lowest BCUT2D eigenvalue weighted by Crippen LogP contribution is -2.09. The van der Waals surface area contributed by atoms with Crippen molar-refractivity contribution < 1.29 is 0 Å². The van der Waals surface area contributed by atoms with E-state index < -0.39 is 0 Å². The molecule has 0 nitrogen and oxygen atoms in total. The Morgan fingerprint density at radius 2 is 1.42 bits per heavy atom. The molecule has 4 heteroatoms. The molecule has 1 aliphatic carbocycles. The second kappa shape index (κ2) is 10.2. The third-order valence-corrected chi connectivity index (χ3v) is 8.45. The third-order valence-electron chi connectivity index (χ3n) is 3.69.